The molecule has 1 aromatic rings. The molecule has 1 aliphatic carbocycles. The van der Waals surface area contributed by atoms with Gasteiger partial charge in [0, 0.05) is 6.08 Å². The van der Waals surface area contributed by atoms with E-state index in [0.29, 0.717) is 11.8 Å². The summed E-state index contributed by atoms with van der Waals surface area (Å²) in [4.78, 5) is 10.9. The molecule has 0 amide bonds. The molecule has 2 heteroatoms. The first kappa shape index (κ1) is 9.97. The molecule has 0 bridgehead atoms. The molecular formula is C13H14O2. The zero-order valence-corrected chi connectivity index (χ0v) is 8.72. The Balaban J connectivity index is 1.92. The average molecular weight is 202 g/mol. The molecule has 1 saturated carbocycles. The molecule has 0 N–H and O–H groups in total. The van der Waals surface area contributed by atoms with Crippen molar-refractivity contribution in [3.05, 3.63) is 48.0 Å². The van der Waals surface area contributed by atoms with Crippen molar-refractivity contribution in [3.63, 3.8) is 0 Å². The largest absolute Gasteiger partial charge is 0.466 e. The predicted molar refractivity (Wildman–Crippen MR) is 58.4 cm³/mol. The Morgan fingerprint density at radius 1 is 1.40 bits per heavy atom. The maximum absolute atomic E-state index is 10.9. The molecule has 0 spiro atoms. The van der Waals surface area contributed by atoms with Gasteiger partial charge in [0.05, 0.1) is 7.11 Å². The van der Waals surface area contributed by atoms with Crippen LogP contribution in [-0.4, -0.2) is 13.1 Å². The average Bonchev–Trinajstić information content (AvgIpc) is 3.06. The van der Waals surface area contributed by atoms with Crippen molar-refractivity contribution < 1.29 is 9.53 Å². The van der Waals surface area contributed by atoms with Gasteiger partial charge >= 0.3 is 5.97 Å². The van der Waals surface area contributed by atoms with E-state index < -0.39 is 0 Å². The third kappa shape index (κ3) is 2.46. The van der Waals surface area contributed by atoms with Crippen molar-refractivity contribution in [1.29, 1.82) is 0 Å². The Morgan fingerprint density at radius 3 is 2.80 bits per heavy atom. The molecule has 2 nitrogen and oxygen atoms in total. The molecule has 1 fully saturated rings. The molecule has 0 aliphatic heterocycles. The molecule has 0 radical (unpaired) electrons. The Labute approximate surface area is 89.6 Å². The second-order valence-corrected chi connectivity index (χ2v) is 3.80. The van der Waals surface area contributed by atoms with Crippen LogP contribution in [0.2, 0.25) is 0 Å². The van der Waals surface area contributed by atoms with Crippen molar-refractivity contribution in [2.75, 3.05) is 7.11 Å². The Kier molecular flexibility index (Phi) is 2.86. The molecule has 0 aromatic heterocycles. The fourth-order valence-electron chi connectivity index (χ4n) is 1.78. The van der Waals surface area contributed by atoms with Crippen LogP contribution >= 0.6 is 0 Å². The van der Waals surface area contributed by atoms with Crippen LogP contribution in [0.1, 0.15) is 17.9 Å². The van der Waals surface area contributed by atoms with Crippen LogP contribution in [0.3, 0.4) is 0 Å². The predicted octanol–water partition coefficient (Wildman–Crippen LogP) is 2.52. The lowest BCUT2D eigenvalue weighted by Gasteiger charge is -1.96. The van der Waals surface area contributed by atoms with E-state index in [9.17, 15) is 4.79 Å². The summed E-state index contributed by atoms with van der Waals surface area (Å²) < 4.78 is 4.54. The normalized spacial score (nSPS) is 24.1. The number of carbonyl (C=O) groups excluding carboxylic acids is 1. The summed E-state index contributed by atoms with van der Waals surface area (Å²) >= 11 is 0. The van der Waals surface area contributed by atoms with E-state index in [2.05, 4.69) is 29.0 Å². The summed E-state index contributed by atoms with van der Waals surface area (Å²) in [6.07, 6.45) is 4.61. The third-order valence-corrected chi connectivity index (χ3v) is 2.75. The molecular weight excluding hydrogens is 188 g/mol. The lowest BCUT2D eigenvalue weighted by molar-refractivity contribution is -0.134. The summed E-state index contributed by atoms with van der Waals surface area (Å²) in [5, 5.41) is 0. The zero-order valence-electron chi connectivity index (χ0n) is 8.72. The number of esters is 1. The van der Waals surface area contributed by atoms with Crippen LogP contribution in [-0.2, 0) is 9.53 Å². The number of rotatable bonds is 3. The Hall–Kier alpha value is -1.57. The fraction of sp³-hybridized carbons (Fsp3) is 0.308. The summed E-state index contributed by atoms with van der Waals surface area (Å²) in [5.41, 5.74) is 1.36. The van der Waals surface area contributed by atoms with Crippen molar-refractivity contribution >= 4 is 5.97 Å². The van der Waals surface area contributed by atoms with Crippen LogP contribution in [0.4, 0.5) is 0 Å². The molecule has 0 heterocycles. The van der Waals surface area contributed by atoms with Crippen molar-refractivity contribution in [1.82, 2.24) is 0 Å². The van der Waals surface area contributed by atoms with E-state index in [1.165, 1.54) is 18.7 Å². The van der Waals surface area contributed by atoms with Crippen LogP contribution in [0.5, 0.6) is 0 Å². The van der Waals surface area contributed by atoms with E-state index in [0.717, 1.165) is 6.42 Å². The summed E-state index contributed by atoms with van der Waals surface area (Å²) in [7, 11) is 1.40. The van der Waals surface area contributed by atoms with Gasteiger partial charge in [-0.25, -0.2) is 4.79 Å². The highest BCUT2D eigenvalue weighted by molar-refractivity contribution is 5.81. The molecule has 78 valence electrons. The van der Waals surface area contributed by atoms with Gasteiger partial charge in [0.1, 0.15) is 0 Å². The first-order valence-corrected chi connectivity index (χ1v) is 5.12. The zero-order chi connectivity index (χ0) is 10.7. The minimum atomic E-state index is -0.270. The molecule has 0 saturated heterocycles. The first-order valence-electron chi connectivity index (χ1n) is 5.12. The molecule has 1 aromatic carbocycles. The minimum absolute atomic E-state index is 0.270. The van der Waals surface area contributed by atoms with Gasteiger partial charge in [0.2, 0.25) is 0 Å². The summed E-state index contributed by atoms with van der Waals surface area (Å²) in [6.45, 7) is 0. The standard InChI is InChI=1S/C13H14O2/c1-15-13(14)8-7-11-9-12(11)10-5-3-2-4-6-10/h2-8,11-12H,9H2,1H3/b8-7+/t11-,12+/m1/s1. The second-order valence-electron chi connectivity index (χ2n) is 3.80. The van der Waals surface area contributed by atoms with Crippen molar-refractivity contribution in [2.24, 2.45) is 5.92 Å². The summed E-state index contributed by atoms with van der Waals surface area (Å²) in [5.74, 6) is 0.826. The van der Waals surface area contributed by atoms with Crippen LogP contribution in [0.25, 0.3) is 0 Å². The topological polar surface area (TPSA) is 26.3 Å². The highest BCUT2D eigenvalue weighted by Gasteiger charge is 2.35. The minimum Gasteiger partial charge on any atom is -0.466 e. The van der Waals surface area contributed by atoms with Gasteiger partial charge in [0.15, 0.2) is 0 Å². The molecule has 2 rings (SSSR count). The first-order chi connectivity index (χ1) is 7.31. The maximum Gasteiger partial charge on any atom is 0.330 e. The van der Waals surface area contributed by atoms with Crippen LogP contribution < -0.4 is 0 Å². The van der Waals surface area contributed by atoms with E-state index in [1.807, 2.05) is 12.1 Å². The molecule has 1 aliphatic rings. The highest BCUT2D eigenvalue weighted by atomic mass is 16.5. The van der Waals surface area contributed by atoms with Gasteiger partial charge in [-0.05, 0) is 23.8 Å². The van der Waals surface area contributed by atoms with Gasteiger partial charge in [-0.15, -0.1) is 0 Å². The van der Waals surface area contributed by atoms with E-state index in [1.54, 1.807) is 0 Å². The number of hydrogen-bond acceptors (Lipinski definition) is 2. The number of benzene rings is 1. The molecule has 0 unspecified atom stereocenters. The maximum atomic E-state index is 10.9. The number of carbonyl (C=O) groups is 1. The Bertz CT molecular complexity index is 367. The summed E-state index contributed by atoms with van der Waals surface area (Å²) in [6, 6.07) is 10.4. The quantitative estimate of drug-likeness (QED) is 0.556. The Morgan fingerprint density at radius 2 is 2.13 bits per heavy atom. The SMILES string of the molecule is COC(=O)/C=C/[C@@H]1C[C@H]1c1ccccc1. The van der Waals surface area contributed by atoms with Crippen molar-refractivity contribution in [2.45, 2.75) is 12.3 Å². The fourth-order valence-corrected chi connectivity index (χ4v) is 1.78. The highest BCUT2D eigenvalue weighted by Crippen LogP contribution is 2.48. The lowest BCUT2D eigenvalue weighted by atomic mass is 10.1. The number of methoxy groups -OCH3 is 1. The van der Waals surface area contributed by atoms with Gasteiger partial charge in [-0.3, -0.25) is 0 Å². The van der Waals surface area contributed by atoms with Crippen molar-refractivity contribution in [3.8, 4) is 0 Å². The van der Waals surface area contributed by atoms with Gasteiger partial charge in [-0.2, -0.15) is 0 Å². The van der Waals surface area contributed by atoms with Crippen LogP contribution in [0, 0.1) is 5.92 Å². The number of ether oxygens (including phenoxy) is 1. The second kappa shape index (κ2) is 4.30. The van der Waals surface area contributed by atoms with Gasteiger partial charge in [-0.1, -0.05) is 36.4 Å². The smallest absolute Gasteiger partial charge is 0.330 e. The third-order valence-electron chi connectivity index (χ3n) is 2.75. The molecule has 15 heavy (non-hydrogen) atoms. The van der Waals surface area contributed by atoms with Gasteiger partial charge < -0.3 is 4.74 Å². The lowest BCUT2D eigenvalue weighted by Crippen LogP contribution is -1.93. The number of hydrogen-bond donors (Lipinski definition) is 0. The van der Waals surface area contributed by atoms with E-state index in [4.69, 9.17) is 0 Å². The monoisotopic (exact) mass is 202 g/mol. The number of allylic oxidation sites excluding steroid dienone is 1. The van der Waals surface area contributed by atoms with Gasteiger partial charge in [0.25, 0.3) is 0 Å². The molecule has 2 atom stereocenters. The van der Waals surface area contributed by atoms with Crippen LogP contribution in [0.15, 0.2) is 42.5 Å². The van der Waals surface area contributed by atoms with E-state index >= 15 is 0 Å². The van der Waals surface area contributed by atoms with E-state index in [-0.39, 0.29) is 5.97 Å².